The molecule has 4 aliphatic rings. The number of piperidine rings is 4. The van der Waals surface area contributed by atoms with Gasteiger partial charge in [0.15, 0.2) is 0 Å². The summed E-state index contributed by atoms with van der Waals surface area (Å²) < 4.78 is 0. The van der Waals surface area contributed by atoms with Gasteiger partial charge in [0.25, 0.3) is 0 Å². The summed E-state index contributed by atoms with van der Waals surface area (Å²) in [6.07, 6.45) is 4.50. The molecule has 0 unspecified atom stereocenters. The first-order chi connectivity index (χ1) is 8.83. The van der Waals surface area contributed by atoms with Gasteiger partial charge in [-0.25, -0.2) is 5.43 Å². The van der Waals surface area contributed by atoms with Gasteiger partial charge >= 0.3 is 0 Å². The summed E-state index contributed by atoms with van der Waals surface area (Å²) in [5.41, 5.74) is 4.06. The van der Waals surface area contributed by atoms with E-state index in [4.69, 9.17) is 0 Å². The van der Waals surface area contributed by atoms with E-state index in [9.17, 15) is 4.79 Å². The largest absolute Gasteiger partial charge is 0.346 e. The van der Waals surface area contributed by atoms with Crippen molar-refractivity contribution in [2.45, 2.75) is 25.7 Å². The Morgan fingerprint density at radius 1 is 1.22 bits per heavy atom. The van der Waals surface area contributed by atoms with Crippen LogP contribution in [0.2, 0.25) is 0 Å². The number of rotatable bonds is 2. The van der Waals surface area contributed by atoms with Crippen molar-refractivity contribution in [3.63, 3.8) is 0 Å². The minimum atomic E-state index is 0.141. The van der Waals surface area contributed by atoms with Crippen LogP contribution in [0.15, 0.2) is 5.10 Å². The topological polar surface area (TPSA) is 62.5 Å². The quantitative estimate of drug-likeness (QED) is 0.477. The molecule has 4 heterocycles. The molecule has 0 saturated carbocycles. The number of hydrogen-bond donors (Lipinski definition) is 3. The van der Waals surface area contributed by atoms with Crippen molar-refractivity contribution < 1.29 is 15.0 Å². The number of amides is 1. The van der Waals surface area contributed by atoms with E-state index in [1.165, 1.54) is 31.6 Å². The van der Waals surface area contributed by atoms with Crippen molar-refractivity contribution in [2.75, 3.05) is 32.7 Å². The van der Waals surface area contributed by atoms with E-state index in [1.807, 2.05) is 0 Å². The van der Waals surface area contributed by atoms with Gasteiger partial charge in [-0.05, 0) is 0 Å². The van der Waals surface area contributed by atoms with E-state index in [2.05, 4.69) is 15.8 Å². The molecule has 0 aromatic carbocycles. The Bertz CT molecular complexity index is 341. The molecular formula is C13H24N4O+2. The zero-order valence-corrected chi connectivity index (χ0v) is 11.0. The Morgan fingerprint density at radius 3 is 2.56 bits per heavy atom. The van der Waals surface area contributed by atoms with E-state index < -0.39 is 0 Å². The fourth-order valence-electron chi connectivity index (χ4n) is 3.47. The predicted molar refractivity (Wildman–Crippen MR) is 68.2 cm³/mol. The maximum Gasteiger partial charge on any atom is 0.243 e. The van der Waals surface area contributed by atoms with Crippen LogP contribution < -0.4 is 15.6 Å². The second kappa shape index (κ2) is 5.36. The van der Waals surface area contributed by atoms with Crippen LogP contribution in [0, 0.1) is 11.8 Å². The lowest BCUT2D eigenvalue weighted by Gasteiger charge is -2.36. The van der Waals surface area contributed by atoms with E-state index in [1.54, 1.807) is 4.90 Å². The highest BCUT2D eigenvalue weighted by atomic mass is 16.2. The van der Waals surface area contributed by atoms with Gasteiger partial charge in [0.1, 0.15) is 6.54 Å². The third-order valence-electron chi connectivity index (χ3n) is 4.71. The first kappa shape index (κ1) is 12.1. The molecular weight excluding hydrogens is 228 g/mol. The Labute approximate surface area is 108 Å². The number of quaternary nitrogens is 2. The van der Waals surface area contributed by atoms with Gasteiger partial charge in [-0.2, -0.15) is 5.10 Å². The highest BCUT2D eigenvalue weighted by Crippen LogP contribution is 2.15. The smallest absolute Gasteiger partial charge is 0.243 e. The first-order valence-corrected chi connectivity index (χ1v) is 7.34. The maximum absolute atomic E-state index is 12.0. The lowest BCUT2D eigenvalue weighted by atomic mass is 9.87. The van der Waals surface area contributed by atoms with Gasteiger partial charge < -0.3 is 10.2 Å². The van der Waals surface area contributed by atoms with E-state index in [0.717, 1.165) is 32.5 Å². The summed E-state index contributed by atoms with van der Waals surface area (Å²) in [6.45, 7) is 5.78. The minimum absolute atomic E-state index is 0.141. The molecule has 4 fully saturated rings. The number of nitrogens with one attached hydrogen (secondary N) is 2. The van der Waals surface area contributed by atoms with Crippen molar-refractivity contribution in [3.05, 3.63) is 0 Å². The van der Waals surface area contributed by atoms with Gasteiger partial charge in [-0.15, -0.1) is 0 Å². The molecule has 4 rings (SSSR count). The van der Waals surface area contributed by atoms with Crippen LogP contribution in [0.5, 0.6) is 0 Å². The summed E-state index contributed by atoms with van der Waals surface area (Å²) in [7, 11) is 0. The van der Waals surface area contributed by atoms with Crippen LogP contribution in [0.25, 0.3) is 0 Å². The van der Waals surface area contributed by atoms with Gasteiger partial charge in [-0.1, -0.05) is 0 Å². The lowest BCUT2D eigenvalue weighted by Crippen LogP contribution is -3.16. The van der Waals surface area contributed by atoms with Crippen molar-refractivity contribution in [3.8, 4) is 0 Å². The molecule has 0 atom stereocenters. The van der Waals surface area contributed by atoms with Gasteiger partial charge in [0.05, 0.1) is 37.8 Å². The zero-order chi connectivity index (χ0) is 12.4. The molecule has 4 saturated heterocycles. The number of carbonyl (C=O) groups is 1. The predicted octanol–water partition coefficient (Wildman–Crippen LogP) is -2.26. The van der Waals surface area contributed by atoms with Crippen molar-refractivity contribution in [1.29, 1.82) is 0 Å². The number of fused-ring (bicyclic) bond motifs is 3. The minimum Gasteiger partial charge on any atom is -0.346 e. The Hall–Kier alpha value is -0.940. The first-order valence-electron chi connectivity index (χ1n) is 7.34. The van der Waals surface area contributed by atoms with Gasteiger partial charge in [0, 0.05) is 31.6 Å². The summed E-state index contributed by atoms with van der Waals surface area (Å²) in [4.78, 5) is 13.6. The molecule has 0 aromatic rings. The van der Waals surface area contributed by atoms with Crippen molar-refractivity contribution in [1.82, 2.24) is 5.43 Å². The summed E-state index contributed by atoms with van der Waals surface area (Å²) in [5.74, 6) is 0.970. The van der Waals surface area contributed by atoms with E-state index >= 15 is 0 Å². The average Bonchev–Trinajstić information content (AvgIpc) is 2.47. The van der Waals surface area contributed by atoms with Crippen LogP contribution in [0.1, 0.15) is 25.7 Å². The summed E-state index contributed by atoms with van der Waals surface area (Å²) in [5, 5.41) is 6.71. The molecule has 0 aliphatic carbocycles. The molecule has 0 spiro atoms. The molecule has 0 aromatic heterocycles. The Morgan fingerprint density at radius 2 is 1.94 bits per heavy atom. The SMILES string of the molecule is O=C(N/N=C1/C[NH+]2CCC1CC2)C1CC[NH2+]CC1. The number of carbonyl (C=O) groups excluding carboxylic acids is 1. The fraction of sp³-hybridized carbons (Fsp3) is 0.846. The molecule has 5 heteroatoms. The fourth-order valence-corrected chi connectivity index (χ4v) is 3.47. The average molecular weight is 252 g/mol. The number of nitrogens with two attached hydrogens (primary N) is 1. The third-order valence-corrected chi connectivity index (χ3v) is 4.71. The summed E-state index contributed by atoms with van der Waals surface area (Å²) in [6, 6.07) is 0. The highest BCUT2D eigenvalue weighted by molar-refractivity contribution is 5.90. The summed E-state index contributed by atoms with van der Waals surface area (Å²) >= 11 is 0. The van der Waals surface area contributed by atoms with Crippen LogP contribution in [-0.2, 0) is 4.79 Å². The van der Waals surface area contributed by atoms with Crippen molar-refractivity contribution in [2.24, 2.45) is 16.9 Å². The standard InChI is InChI=1S/C13H22N4O/c18-13(11-1-5-14-6-2-11)16-15-12-9-17-7-3-10(12)4-8-17/h10-11,14H,1-9H2,(H,16,18)/p+2/b15-12-. The molecule has 2 bridgehead atoms. The van der Waals surface area contributed by atoms with Crippen LogP contribution in [0.3, 0.4) is 0 Å². The van der Waals surface area contributed by atoms with Gasteiger partial charge in [-0.3, -0.25) is 4.79 Å². The third kappa shape index (κ3) is 2.57. The lowest BCUT2D eigenvalue weighted by molar-refractivity contribution is -0.902. The van der Waals surface area contributed by atoms with Gasteiger partial charge in [0.2, 0.25) is 5.91 Å². The molecule has 0 radical (unpaired) electrons. The zero-order valence-electron chi connectivity index (χ0n) is 11.0. The molecule has 4 N–H and O–H groups in total. The Balaban J connectivity index is 1.55. The number of hydrazone groups is 1. The molecule has 18 heavy (non-hydrogen) atoms. The van der Waals surface area contributed by atoms with E-state index in [-0.39, 0.29) is 11.8 Å². The van der Waals surface area contributed by atoms with E-state index in [0.29, 0.717) is 5.92 Å². The van der Waals surface area contributed by atoms with Crippen molar-refractivity contribution >= 4 is 11.6 Å². The number of nitrogens with zero attached hydrogens (tertiary/aromatic N) is 1. The second-order valence-electron chi connectivity index (χ2n) is 5.92. The second-order valence-corrected chi connectivity index (χ2v) is 5.92. The van der Waals surface area contributed by atoms with Crippen LogP contribution in [-0.4, -0.2) is 44.3 Å². The molecule has 4 aliphatic heterocycles. The molecule has 100 valence electrons. The monoisotopic (exact) mass is 252 g/mol. The molecule has 1 amide bonds. The number of hydrogen-bond acceptors (Lipinski definition) is 2. The van der Waals surface area contributed by atoms with Crippen LogP contribution in [0.4, 0.5) is 0 Å². The normalized spacial score (nSPS) is 34.8. The highest BCUT2D eigenvalue weighted by Gasteiger charge is 2.34. The maximum atomic E-state index is 12.0. The molecule has 5 nitrogen and oxygen atoms in total. The Kier molecular flexibility index (Phi) is 3.61. The van der Waals surface area contributed by atoms with Crippen LogP contribution >= 0.6 is 0 Å².